The number of nitrogens with one attached hydrogen (secondary N) is 1. The second-order valence-electron chi connectivity index (χ2n) is 6.06. The molecule has 116 valence electrons. The summed E-state index contributed by atoms with van der Waals surface area (Å²) < 4.78 is 0. The third-order valence-corrected chi connectivity index (χ3v) is 4.48. The summed E-state index contributed by atoms with van der Waals surface area (Å²) in [7, 11) is 0. The molecule has 0 unspecified atom stereocenters. The molecule has 1 atom stereocenters. The van der Waals surface area contributed by atoms with E-state index in [-0.39, 0.29) is 5.91 Å². The number of carbonyl (C=O) groups is 1. The molecule has 1 aliphatic heterocycles. The van der Waals surface area contributed by atoms with Crippen LogP contribution in [0.15, 0.2) is 42.5 Å². The zero-order valence-corrected chi connectivity index (χ0v) is 13.2. The van der Waals surface area contributed by atoms with Crippen molar-refractivity contribution < 1.29 is 4.79 Å². The monoisotopic (exact) mass is 296 g/mol. The third kappa shape index (κ3) is 3.14. The van der Waals surface area contributed by atoms with E-state index < -0.39 is 0 Å². The lowest BCUT2D eigenvalue weighted by Gasteiger charge is -2.28. The van der Waals surface area contributed by atoms with Crippen LogP contribution in [-0.2, 0) is 0 Å². The molecule has 22 heavy (non-hydrogen) atoms. The Labute approximate surface area is 132 Å². The van der Waals surface area contributed by atoms with Gasteiger partial charge in [-0.15, -0.1) is 0 Å². The smallest absolute Gasteiger partial charge is 0.254 e. The Bertz CT molecular complexity index is 647. The number of nitrogens with zero attached hydrogens (tertiary/aromatic N) is 1. The van der Waals surface area contributed by atoms with Gasteiger partial charge in [-0.25, -0.2) is 0 Å². The second kappa shape index (κ2) is 6.93. The number of rotatable bonds is 5. The highest BCUT2D eigenvalue weighted by atomic mass is 16.2. The maximum Gasteiger partial charge on any atom is 0.254 e. The average Bonchev–Trinajstić information content (AvgIpc) is 3.09. The SMILES string of the molecule is CCCCN(C(=O)c1ccc2ccccc2c1)[C@H]1CCNC1. The first kappa shape index (κ1) is 15.0. The molecule has 3 nitrogen and oxygen atoms in total. The molecule has 0 bridgehead atoms. The van der Waals surface area contributed by atoms with Crippen LogP contribution >= 0.6 is 0 Å². The van der Waals surface area contributed by atoms with Crippen molar-refractivity contribution in [3.63, 3.8) is 0 Å². The predicted molar refractivity (Wildman–Crippen MR) is 91.2 cm³/mol. The summed E-state index contributed by atoms with van der Waals surface area (Å²) in [5, 5.41) is 5.69. The van der Waals surface area contributed by atoms with Gasteiger partial charge in [-0.05, 0) is 42.3 Å². The molecule has 1 heterocycles. The lowest BCUT2D eigenvalue weighted by Crippen LogP contribution is -2.42. The highest BCUT2D eigenvalue weighted by molar-refractivity contribution is 5.98. The van der Waals surface area contributed by atoms with Crippen LogP contribution in [-0.4, -0.2) is 36.5 Å². The van der Waals surface area contributed by atoms with Gasteiger partial charge in [0.1, 0.15) is 0 Å². The van der Waals surface area contributed by atoms with Gasteiger partial charge in [0.2, 0.25) is 0 Å². The third-order valence-electron chi connectivity index (χ3n) is 4.48. The molecule has 0 saturated carbocycles. The summed E-state index contributed by atoms with van der Waals surface area (Å²) >= 11 is 0. The van der Waals surface area contributed by atoms with E-state index in [9.17, 15) is 4.79 Å². The van der Waals surface area contributed by atoms with Gasteiger partial charge in [0.05, 0.1) is 0 Å². The molecule has 0 radical (unpaired) electrons. The quantitative estimate of drug-likeness (QED) is 0.916. The zero-order valence-electron chi connectivity index (χ0n) is 13.2. The molecule has 0 aliphatic carbocycles. The molecule has 1 N–H and O–H groups in total. The van der Waals surface area contributed by atoms with E-state index >= 15 is 0 Å². The number of unbranched alkanes of at least 4 members (excludes halogenated alkanes) is 1. The van der Waals surface area contributed by atoms with E-state index in [1.54, 1.807) is 0 Å². The molecule has 1 fully saturated rings. The topological polar surface area (TPSA) is 32.3 Å². The number of amides is 1. The summed E-state index contributed by atoms with van der Waals surface area (Å²) in [6, 6.07) is 14.6. The van der Waals surface area contributed by atoms with Gasteiger partial charge in [-0.2, -0.15) is 0 Å². The van der Waals surface area contributed by atoms with Crippen LogP contribution in [0.2, 0.25) is 0 Å². The van der Waals surface area contributed by atoms with Gasteiger partial charge in [0.15, 0.2) is 0 Å². The van der Waals surface area contributed by atoms with Crippen molar-refractivity contribution in [2.75, 3.05) is 19.6 Å². The lowest BCUT2D eigenvalue weighted by molar-refractivity contribution is 0.0689. The van der Waals surface area contributed by atoms with Gasteiger partial charge in [0.25, 0.3) is 5.91 Å². The standard InChI is InChI=1S/C19H24N2O/c1-2-3-12-21(18-10-11-20-14-18)19(22)17-9-8-15-6-4-5-7-16(15)13-17/h4-9,13,18,20H,2-3,10-12,14H2,1H3/t18-/m0/s1. The second-order valence-corrected chi connectivity index (χ2v) is 6.06. The Morgan fingerprint density at radius 1 is 1.23 bits per heavy atom. The summed E-state index contributed by atoms with van der Waals surface area (Å²) in [6.45, 7) is 4.96. The highest BCUT2D eigenvalue weighted by Crippen LogP contribution is 2.19. The van der Waals surface area contributed by atoms with Crippen molar-refractivity contribution >= 4 is 16.7 Å². The Hall–Kier alpha value is -1.87. The minimum Gasteiger partial charge on any atom is -0.334 e. The molecule has 0 aromatic heterocycles. The first-order chi connectivity index (χ1) is 10.8. The van der Waals surface area contributed by atoms with Crippen molar-refractivity contribution in [2.45, 2.75) is 32.2 Å². The number of hydrogen-bond acceptors (Lipinski definition) is 2. The maximum atomic E-state index is 13.0. The Balaban J connectivity index is 1.86. The number of fused-ring (bicyclic) bond motifs is 1. The molecule has 2 aromatic rings. The molecule has 3 rings (SSSR count). The predicted octanol–water partition coefficient (Wildman–Crippen LogP) is 3.44. The van der Waals surface area contributed by atoms with Gasteiger partial charge >= 0.3 is 0 Å². The van der Waals surface area contributed by atoms with E-state index in [0.29, 0.717) is 6.04 Å². The summed E-state index contributed by atoms with van der Waals surface area (Å²) in [5.74, 6) is 0.174. The molecule has 1 saturated heterocycles. The van der Waals surface area contributed by atoms with Crippen LogP contribution in [0.5, 0.6) is 0 Å². The fraction of sp³-hybridized carbons (Fsp3) is 0.421. The molecular formula is C19H24N2O. The minimum atomic E-state index is 0.174. The Kier molecular flexibility index (Phi) is 4.74. The first-order valence-corrected chi connectivity index (χ1v) is 8.30. The highest BCUT2D eigenvalue weighted by Gasteiger charge is 2.26. The van der Waals surface area contributed by atoms with Gasteiger partial charge in [-0.1, -0.05) is 43.7 Å². The average molecular weight is 296 g/mol. The number of carbonyl (C=O) groups excluding carboxylic acids is 1. The lowest BCUT2D eigenvalue weighted by atomic mass is 10.0. The molecule has 0 spiro atoms. The zero-order chi connectivity index (χ0) is 15.4. The molecule has 1 amide bonds. The maximum absolute atomic E-state index is 13.0. The van der Waals surface area contributed by atoms with Gasteiger partial charge < -0.3 is 10.2 Å². The summed E-state index contributed by atoms with van der Waals surface area (Å²) in [6.07, 6.45) is 3.24. The van der Waals surface area contributed by atoms with Crippen molar-refractivity contribution in [3.05, 3.63) is 48.0 Å². The van der Waals surface area contributed by atoms with Crippen LogP contribution < -0.4 is 5.32 Å². The van der Waals surface area contributed by atoms with Gasteiger partial charge in [-0.3, -0.25) is 4.79 Å². The largest absolute Gasteiger partial charge is 0.334 e. The van der Waals surface area contributed by atoms with E-state index in [0.717, 1.165) is 49.8 Å². The Morgan fingerprint density at radius 3 is 2.77 bits per heavy atom. The van der Waals surface area contributed by atoms with E-state index in [1.807, 2.05) is 30.3 Å². The van der Waals surface area contributed by atoms with Gasteiger partial charge in [0, 0.05) is 24.7 Å². The van der Waals surface area contributed by atoms with E-state index in [2.05, 4.69) is 29.3 Å². The van der Waals surface area contributed by atoms with Crippen molar-refractivity contribution in [1.29, 1.82) is 0 Å². The number of hydrogen-bond donors (Lipinski definition) is 1. The molecule has 2 aromatic carbocycles. The fourth-order valence-electron chi connectivity index (χ4n) is 3.17. The molecular weight excluding hydrogens is 272 g/mol. The van der Waals surface area contributed by atoms with Crippen molar-refractivity contribution in [3.8, 4) is 0 Å². The van der Waals surface area contributed by atoms with Crippen LogP contribution in [0.3, 0.4) is 0 Å². The Morgan fingerprint density at radius 2 is 2.05 bits per heavy atom. The van der Waals surface area contributed by atoms with Crippen molar-refractivity contribution in [2.24, 2.45) is 0 Å². The normalized spacial score (nSPS) is 17.8. The van der Waals surface area contributed by atoms with Crippen LogP contribution in [0, 0.1) is 0 Å². The fourth-order valence-corrected chi connectivity index (χ4v) is 3.17. The molecule has 1 aliphatic rings. The molecule has 3 heteroatoms. The summed E-state index contributed by atoms with van der Waals surface area (Å²) in [5.41, 5.74) is 0.807. The van der Waals surface area contributed by atoms with E-state index in [4.69, 9.17) is 0 Å². The first-order valence-electron chi connectivity index (χ1n) is 8.30. The van der Waals surface area contributed by atoms with Crippen molar-refractivity contribution in [1.82, 2.24) is 10.2 Å². The number of benzene rings is 2. The summed E-state index contributed by atoms with van der Waals surface area (Å²) in [4.78, 5) is 15.1. The minimum absolute atomic E-state index is 0.174. The van der Waals surface area contributed by atoms with E-state index in [1.165, 1.54) is 5.39 Å². The van der Waals surface area contributed by atoms with Crippen LogP contribution in [0.1, 0.15) is 36.5 Å². The van der Waals surface area contributed by atoms with Crippen LogP contribution in [0.4, 0.5) is 0 Å². The van der Waals surface area contributed by atoms with Crippen LogP contribution in [0.25, 0.3) is 10.8 Å².